The number of hydrogen-bond donors (Lipinski definition) is 1. The van der Waals surface area contributed by atoms with E-state index in [-0.39, 0.29) is 10.5 Å². The summed E-state index contributed by atoms with van der Waals surface area (Å²) in [6, 6.07) is 15.7. The summed E-state index contributed by atoms with van der Waals surface area (Å²) in [5, 5.41) is 11.4. The van der Waals surface area contributed by atoms with Crippen LogP contribution in [0.15, 0.2) is 69.6 Å². The molecule has 0 saturated carbocycles. The number of nitriles is 1. The minimum Gasteiger partial charge on any atom is -0.311 e. The van der Waals surface area contributed by atoms with Crippen LogP contribution in [-0.2, 0) is 9.84 Å². The predicted octanol–water partition coefficient (Wildman–Crippen LogP) is 3.13. The average molecular weight is 361 g/mol. The van der Waals surface area contributed by atoms with E-state index in [2.05, 4.69) is 5.32 Å². The van der Waals surface area contributed by atoms with E-state index in [0.29, 0.717) is 0 Å². The van der Waals surface area contributed by atoms with Gasteiger partial charge in [-0.3, -0.25) is 4.79 Å². The molecule has 0 saturated heterocycles. The Kier molecular flexibility index (Phi) is 5.39. The maximum Gasteiger partial charge on any atom is 0.256 e. The Balaban J connectivity index is 2.36. The van der Waals surface area contributed by atoms with E-state index in [1.165, 1.54) is 24.3 Å². The van der Waals surface area contributed by atoms with Crippen LogP contribution in [0.2, 0.25) is 0 Å². The molecule has 24 heavy (non-hydrogen) atoms. The number of carbonyl (C=O) groups excluding carboxylic acids is 1. The Morgan fingerprint density at radius 2 is 1.67 bits per heavy atom. The van der Waals surface area contributed by atoms with Crippen LogP contribution in [0.4, 0.5) is 0 Å². The number of amides is 1. The summed E-state index contributed by atoms with van der Waals surface area (Å²) in [4.78, 5) is 12.1. The molecule has 0 spiro atoms. The molecule has 0 aliphatic heterocycles. The Morgan fingerprint density at radius 3 is 2.21 bits per heavy atom. The molecule has 0 aliphatic rings. The van der Waals surface area contributed by atoms with Crippen molar-refractivity contribution in [2.75, 3.05) is 0 Å². The van der Waals surface area contributed by atoms with Crippen molar-refractivity contribution in [3.63, 3.8) is 0 Å². The molecular formula is C17H13ClN2O3S. The zero-order valence-electron chi connectivity index (χ0n) is 12.7. The summed E-state index contributed by atoms with van der Waals surface area (Å²) in [5.41, 5.74) is 0.730. The molecule has 122 valence electrons. The summed E-state index contributed by atoms with van der Waals surface area (Å²) >= 11 is 5.88. The van der Waals surface area contributed by atoms with Crippen LogP contribution in [0.1, 0.15) is 15.9 Å². The van der Waals surface area contributed by atoms with Gasteiger partial charge in [-0.25, -0.2) is 8.42 Å². The predicted molar refractivity (Wildman–Crippen MR) is 90.8 cm³/mol. The number of halogens is 1. The molecule has 0 radical (unpaired) electrons. The summed E-state index contributed by atoms with van der Waals surface area (Å²) in [6.45, 7) is 1.87. The molecule has 5 nitrogen and oxygen atoms in total. The summed E-state index contributed by atoms with van der Waals surface area (Å²) in [6.07, 6.45) is 0. The van der Waals surface area contributed by atoms with E-state index in [9.17, 15) is 18.5 Å². The van der Waals surface area contributed by atoms with Gasteiger partial charge in [-0.1, -0.05) is 47.5 Å². The highest BCUT2D eigenvalue weighted by Crippen LogP contribution is 2.24. The van der Waals surface area contributed by atoms with E-state index in [4.69, 9.17) is 11.6 Å². The van der Waals surface area contributed by atoms with Gasteiger partial charge in [0, 0.05) is 5.56 Å². The van der Waals surface area contributed by atoms with Gasteiger partial charge in [0.1, 0.15) is 6.07 Å². The van der Waals surface area contributed by atoms with E-state index in [1.54, 1.807) is 36.4 Å². The second-order valence-electron chi connectivity index (χ2n) is 4.90. The molecule has 2 rings (SSSR count). The van der Waals surface area contributed by atoms with Crippen molar-refractivity contribution in [1.29, 1.82) is 5.26 Å². The van der Waals surface area contributed by atoms with Gasteiger partial charge in [-0.15, -0.1) is 0 Å². The Labute approximate surface area is 145 Å². The molecule has 0 aromatic heterocycles. The fraction of sp³-hybridized carbons (Fsp3) is 0.0588. The first-order valence-corrected chi connectivity index (χ1v) is 8.70. The first-order chi connectivity index (χ1) is 11.4. The molecule has 2 aromatic rings. The molecule has 2 aromatic carbocycles. The van der Waals surface area contributed by atoms with Crippen molar-refractivity contribution >= 4 is 27.3 Å². The third kappa shape index (κ3) is 3.82. The van der Waals surface area contributed by atoms with Gasteiger partial charge in [0.05, 0.1) is 4.90 Å². The van der Waals surface area contributed by atoms with Crippen molar-refractivity contribution in [2.24, 2.45) is 0 Å². The molecule has 0 aliphatic carbocycles. The summed E-state index contributed by atoms with van der Waals surface area (Å²) < 4.78 is 24.1. The van der Waals surface area contributed by atoms with E-state index >= 15 is 0 Å². The Morgan fingerprint density at radius 1 is 1.08 bits per heavy atom. The highest BCUT2D eigenvalue weighted by Gasteiger charge is 2.24. The number of carbonyl (C=O) groups is 1. The monoisotopic (exact) mass is 360 g/mol. The molecule has 1 amide bonds. The zero-order chi connectivity index (χ0) is 17.7. The van der Waals surface area contributed by atoms with Crippen LogP contribution in [0.5, 0.6) is 0 Å². The Hall–Kier alpha value is -2.62. The number of sulfone groups is 1. The van der Waals surface area contributed by atoms with Crippen molar-refractivity contribution in [1.82, 2.24) is 5.32 Å². The first kappa shape index (κ1) is 17.7. The highest BCUT2D eigenvalue weighted by atomic mass is 35.5. The van der Waals surface area contributed by atoms with Gasteiger partial charge in [0.25, 0.3) is 5.91 Å². The van der Waals surface area contributed by atoms with Crippen LogP contribution in [0.25, 0.3) is 0 Å². The number of nitrogens with zero attached hydrogens (tertiary/aromatic N) is 1. The standard InChI is InChI=1S/C17H13ClN2O3S/c1-12-7-9-13(10-8-12)17(21)20-15(11-19)16(18)24(22,23)14-5-3-2-4-6-14/h2-10H,1H3,(H,20,21)/b16-15-. The topological polar surface area (TPSA) is 87.0 Å². The molecule has 0 heterocycles. The van der Waals surface area contributed by atoms with Gasteiger partial charge < -0.3 is 5.32 Å². The van der Waals surface area contributed by atoms with Gasteiger partial charge in [-0.2, -0.15) is 5.26 Å². The molecule has 0 atom stereocenters. The molecular weight excluding hydrogens is 348 g/mol. The lowest BCUT2D eigenvalue weighted by molar-refractivity contribution is 0.0967. The molecule has 0 unspecified atom stereocenters. The minimum absolute atomic E-state index is 0.0627. The highest BCUT2D eigenvalue weighted by molar-refractivity contribution is 7.97. The van der Waals surface area contributed by atoms with Gasteiger partial charge in [0.2, 0.25) is 9.84 Å². The smallest absolute Gasteiger partial charge is 0.256 e. The third-order valence-electron chi connectivity index (χ3n) is 3.15. The molecule has 7 heteroatoms. The van der Waals surface area contributed by atoms with Crippen LogP contribution >= 0.6 is 11.6 Å². The van der Waals surface area contributed by atoms with Crippen LogP contribution in [-0.4, -0.2) is 14.3 Å². The summed E-state index contributed by atoms with van der Waals surface area (Å²) in [5.74, 6) is -0.618. The maximum absolute atomic E-state index is 12.4. The van der Waals surface area contributed by atoms with E-state index < -0.39 is 25.8 Å². The van der Waals surface area contributed by atoms with Crippen molar-refractivity contribution < 1.29 is 13.2 Å². The number of aryl methyl sites for hydroxylation is 1. The fourth-order valence-corrected chi connectivity index (χ4v) is 3.29. The quantitative estimate of drug-likeness (QED) is 0.848. The zero-order valence-corrected chi connectivity index (χ0v) is 14.2. The number of rotatable bonds is 4. The molecule has 0 fully saturated rings. The maximum atomic E-state index is 12.4. The van der Waals surface area contributed by atoms with Crippen molar-refractivity contribution in [2.45, 2.75) is 11.8 Å². The normalized spacial score (nSPS) is 12.0. The van der Waals surface area contributed by atoms with Gasteiger partial charge in [-0.05, 0) is 31.2 Å². The second-order valence-corrected chi connectivity index (χ2v) is 7.39. The Bertz CT molecular complexity index is 928. The van der Waals surface area contributed by atoms with Crippen LogP contribution < -0.4 is 5.32 Å². The van der Waals surface area contributed by atoms with Crippen LogP contribution in [0, 0.1) is 18.3 Å². The van der Waals surface area contributed by atoms with Gasteiger partial charge in [0.15, 0.2) is 10.1 Å². The summed E-state index contributed by atoms with van der Waals surface area (Å²) in [7, 11) is -4.08. The average Bonchev–Trinajstić information content (AvgIpc) is 2.60. The molecule has 0 bridgehead atoms. The SMILES string of the molecule is Cc1ccc(C(=O)N/C(C#N)=C(/Cl)S(=O)(=O)c2ccccc2)cc1. The first-order valence-electron chi connectivity index (χ1n) is 6.84. The third-order valence-corrected chi connectivity index (χ3v) is 5.52. The number of nitrogens with one attached hydrogen (secondary N) is 1. The largest absolute Gasteiger partial charge is 0.311 e. The number of hydrogen-bond acceptors (Lipinski definition) is 4. The van der Waals surface area contributed by atoms with Gasteiger partial charge >= 0.3 is 0 Å². The minimum atomic E-state index is -4.08. The lowest BCUT2D eigenvalue weighted by atomic mass is 10.1. The fourth-order valence-electron chi connectivity index (χ4n) is 1.85. The van der Waals surface area contributed by atoms with E-state index in [1.807, 2.05) is 6.92 Å². The molecule has 1 N–H and O–H groups in total. The van der Waals surface area contributed by atoms with Crippen LogP contribution in [0.3, 0.4) is 0 Å². The number of benzene rings is 2. The van der Waals surface area contributed by atoms with Crippen molar-refractivity contribution in [3.05, 3.63) is 75.8 Å². The van der Waals surface area contributed by atoms with E-state index in [0.717, 1.165) is 5.56 Å². The van der Waals surface area contributed by atoms with Crippen molar-refractivity contribution in [3.8, 4) is 6.07 Å². The number of allylic oxidation sites excluding steroid dienone is 1. The lowest BCUT2D eigenvalue weighted by Gasteiger charge is -2.08. The lowest BCUT2D eigenvalue weighted by Crippen LogP contribution is -2.24. The second kappa shape index (κ2) is 7.30.